The molecule has 1 amide bonds. The van der Waals surface area contributed by atoms with Crippen LogP contribution in [0.4, 0.5) is 0 Å². The zero-order valence-corrected chi connectivity index (χ0v) is 13.3. The van der Waals surface area contributed by atoms with E-state index in [9.17, 15) is 14.7 Å². The van der Waals surface area contributed by atoms with Crippen LogP contribution in [0.1, 0.15) is 24.8 Å². The molecule has 2 aliphatic rings. The van der Waals surface area contributed by atoms with E-state index in [1.165, 1.54) is 5.56 Å². The fourth-order valence-electron chi connectivity index (χ4n) is 4.08. The number of rotatable bonds is 3. The highest BCUT2D eigenvalue weighted by Crippen LogP contribution is 2.37. The molecule has 6 heteroatoms. The third-order valence-corrected chi connectivity index (χ3v) is 5.41. The molecule has 0 radical (unpaired) electrons. The minimum Gasteiger partial charge on any atom is -0.481 e. The highest BCUT2D eigenvalue weighted by molar-refractivity contribution is 5.88. The lowest BCUT2D eigenvalue weighted by Gasteiger charge is -2.41. The van der Waals surface area contributed by atoms with E-state index in [0.29, 0.717) is 12.8 Å². The van der Waals surface area contributed by atoms with Gasteiger partial charge in [0.25, 0.3) is 0 Å². The lowest BCUT2D eigenvalue weighted by molar-refractivity contribution is -0.144. The summed E-state index contributed by atoms with van der Waals surface area (Å²) in [6.45, 7) is 2.39. The number of nitrogens with one attached hydrogen (secondary N) is 1. The quantitative estimate of drug-likeness (QED) is 0.900. The number of fused-ring (bicyclic) bond motifs is 1. The molecule has 1 aromatic carbocycles. The highest BCUT2D eigenvalue weighted by Gasteiger charge is 2.51. The van der Waals surface area contributed by atoms with Gasteiger partial charge in [0, 0.05) is 31.4 Å². The van der Waals surface area contributed by atoms with Crippen LogP contribution in [0.15, 0.2) is 34.9 Å². The van der Waals surface area contributed by atoms with Crippen molar-refractivity contribution in [3.05, 3.63) is 36.1 Å². The van der Waals surface area contributed by atoms with E-state index in [4.69, 9.17) is 4.42 Å². The molecule has 2 aliphatic heterocycles. The first-order chi connectivity index (χ1) is 11.6. The molecule has 3 heterocycles. The third kappa shape index (κ3) is 2.57. The van der Waals surface area contributed by atoms with Crippen LogP contribution < -0.4 is 5.32 Å². The van der Waals surface area contributed by atoms with Gasteiger partial charge in [-0.3, -0.25) is 14.5 Å². The van der Waals surface area contributed by atoms with E-state index in [0.717, 1.165) is 30.6 Å². The van der Waals surface area contributed by atoms with Gasteiger partial charge in [-0.15, -0.1) is 0 Å². The van der Waals surface area contributed by atoms with E-state index in [1.54, 1.807) is 6.26 Å². The summed E-state index contributed by atoms with van der Waals surface area (Å²) >= 11 is 0. The standard InChI is InChI=1S/C18H20N2O4/c21-16-10-14(17(22)23)18(19-16)4-6-20(7-5-18)11-12-1-2-15-13(9-12)3-8-24-15/h1-3,8-9,14H,4-7,10-11H2,(H,19,21)(H,22,23)/t14-/m1/s1. The Labute approximate surface area is 139 Å². The second-order valence-electron chi connectivity index (χ2n) is 6.87. The van der Waals surface area contributed by atoms with E-state index >= 15 is 0 Å². The molecule has 1 atom stereocenters. The van der Waals surface area contributed by atoms with Crippen molar-refractivity contribution in [1.29, 1.82) is 0 Å². The van der Waals surface area contributed by atoms with Crippen molar-refractivity contribution in [2.45, 2.75) is 31.3 Å². The van der Waals surface area contributed by atoms with Gasteiger partial charge < -0.3 is 14.8 Å². The second kappa shape index (κ2) is 5.63. The van der Waals surface area contributed by atoms with Crippen LogP contribution in [0.5, 0.6) is 0 Å². The van der Waals surface area contributed by atoms with Gasteiger partial charge in [0.1, 0.15) is 5.58 Å². The normalized spacial score (nSPS) is 23.7. The summed E-state index contributed by atoms with van der Waals surface area (Å²) in [5, 5.41) is 13.5. The SMILES string of the molecule is O=C1C[C@H](C(=O)O)C2(CCN(Cc3ccc4occc4c3)CC2)N1. The Hall–Kier alpha value is -2.34. The zero-order chi connectivity index (χ0) is 16.7. The van der Waals surface area contributed by atoms with E-state index < -0.39 is 17.4 Å². The largest absolute Gasteiger partial charge is 0.481 e. The number of carbonyl (C=O) groups is 2. The van der Waals surface area contributed by atoms with Gasteiger partial charge in [0.15, 0.2) is 0 Å². The molecule has 4 rings (SSSR count). The van der Waals surface area contributed by atoms with Crippen molar-refractivity contribution in [2.75, 3.05) is 13.1 Å². The zero-order valence-electron chi connectivity index (χ0n) is 13.3. The number of aliphatic carboxylic acids is 1. The van der Waals surface area contributed by atoms with Gasteiger partial charge in [0.2, 0.25) is 5.91 Å². The Balaban J connectivity index is 1.44. The number of carbonyl (C=O) groups excluding carboxylic acids is 1. The predicted octanol–water partition coefficient (Wildman–Crippen LogP) is 1.99. The molecule has 2 aromatic rings. The molecule has 0 saturated carbocycles. The molecule has 0 unspecified atom stereocenters. The smallest absolute Gasteiger partial charge is 0.309 e. The molecular weight excluding hydrogens is 308 g/mol. The highest BCUT2D eigenvalue weighted by atomic mass is 16.4. The van der Waals surface area contributed by atoms with Gasteiger partial charge in [0.05, 0.1) is 17.7 Å². The fraction of sp³-hybridized carbons (Fsp3) is 0.444. The fourth-order valence-corrected chi connectivity index (χ4v) is 4.08. The van der Waals surface area contributed by atoms with E-state index in [1.807, 2.05) is 12.1 Å². The van der Waals surface area contributed by atoms with Crippen LogP contribution in [0.2, 0.25) is 0 Å². The lowest BCUT2D eigenvalue weighted by Crippen LogP contribution is -2.55. The summed E-state index contributed by atoms with van der Waals surface area (Å²) in [6, 6.07) is 8.12. The lowest BCUT2D eigenvalue weighted by atomic mass is 9.77. The van der Waals surface area contributed by atoms with E-state index in [-0.39, 0.29) is 12.3 Å². The molecular formula is C18H20N2O4. The number of hydrogen-bond acceptors (Lipinski definition) is 4. The first kappa shape index (κ1) is 15.2. The summed E-state index contributed by atoms with van der Waals surface area (Å²) in [7, 11) is 0. The summed E-state index contributed by atoms with van der Waals surface area (Å²) in [5.41, 5.74) is 1.54. The van der Waals surface area contributed by atoms with Crippen LogP contribution in [-0.2, 0) is 16.1 Å². The summed E-state index contributed by atoms with van der Waals surface area (Å²) < 4.78 is 5.36. The van der Waals surface area contributed by atoms with Crippen LogP contribution in [0.25, 0.3) is 11.0 Å². The van der Waals surface area contributed by atoms with Gasteiger partial charge in [-0.25, -0.2) is 0 Å². The maximum Gasteiger partial charge on any atom is 0.309 e. The molecule has 2 fully saturated rings. The number of hydrogen-bond donors (Lipinski definition) is 2. The van der Waals surface area contributed by atoms with Crippen LogP contribution in [0.3, 0.4) is 0 Å². The average Bonchev–Trinajstić information content (AvgIpc) is 3.14. The molecule has 1 aromatic heterocycles. The monoisotopic (exact) mass is 328 g/mol. The van der Waals surface area contributed by atoms with Gasteiger partial charge in [-0.05, 0) is 36.6 Å². The molecule has 2 saturated heterocycles. The van der Waals surface area contributed by atoms with Gasteiger partial charge in [-0.2, -0.15) is 0 Å². The predicted molar refractivity (Wildman–Crippen MR) is 87.3 cm³/mol. The summed E-state index contributed by atoms with van der Waals surface area (Å²) in [5.74, 6) is -1.61. The molecule has 126 valence electrons. The summed E-state index contributed by atoms with van der Waals surface area (Å²) in [6.07, 6.45) is 3.16. The van der Waals surface area contributed by atoms with Crippen molar-refractivity contribution in [1.82, 2.24) is 10.2 Å². The van der Waals surface area contributed by atoms with Crippen LogP contribution >= 0.6 is 0 Å². The van der Waals surface area contributed by atoms with Crippen molar-refractivity contribution < 1.29 is 19.1 Å². The number of nitrogens with zero attached hydrogens (tertiary/aromatic N) is 1. The third-order valence-electron chi connectivity index (χ3n) is 5.41. The van der Waals surface area contributed by atoms with Crippen LogP contribution in [0, 0.1) is 5.92 Å². The Morgan fingerprint density at radius 3 is 2.88 bits per heavy atom. The molecule has 1 spiro atoms. The maximum atomic E-state index is 11.7. The van der Waals surface area contributed by atoms with Crippen molar-refractivity contribution in [3.63, 3.8) is 0 Å². The molecule has 6 nitrogen and oxygen atoms in total. The molecule has 24 heavy (non-hydrogen) atoms. The minimum absolute atomic E-state index is 0.104. The Morgan fingerprint density at radius 1 is 1.33 bits per heavy atom. The van der Waals surface area contributed by atoms with Gasteiger partial charge >= 0.3 is 5.97 Å². The Kier molecular flexibility index (Phi) is 3.57. The number of benzene rings is 1. The maximum absolute atomic E-state index is 11.7. The van der Waals surface area contributed by atoms with Gasteiger partial charge in [-0.1, -0.05) is 6.07 Å². The average molecular weight is 328 g/mol. The number of amides is 1. The van der Waals surface area contributed by atoms with E-state index in [2.05, 4.69) is 22.3 Å². The molecule has 0 bridgehead atoms. The molecule has 0 aliphatic carbocycles. The molecule has 2 N–H and O–H groups in total. The Bertz CT molecular complexity index is 789. The van der Waals surface area contributed by atoms with Crippen LogP contribution in [-0.4, -0.2) is 40.5 Å². The topological polar surface area (TPSA) is 82.8 Å². The summed E-state index contributed by atoms with van der Waals surface area (Å²) in [4.78, 5) is 25.5. The van der Waals surface area contributed by atoms with Crippen molar-refractivity contribution in [3.8, 4) is 0 Å². The van der Waals surface area contributed by atoms with Crippen molar-refractivity contribution in [2.24, 2.45) is 5.92 Å². The Morgan fingerprint density at radius 2 is 2.12 bits per heavy atom. The first-order valence-electron chi connectivity index (χ1n) is 8.28. The number of likely N-dealkylation sites (tertiary alicyclic amines) is 1. The van der Waals surface area contributed by atoms with Crippen molar-refractivity contribution >= 4 is 22.8 Å². The number of furan rings is 1. The number of carboxylic acid groups (broad SMARTS) is 1. The first-order valence-corrected chi connectivity index (χ1v) is 8.28. The second-order valence-corrected chi connectivity index (χ2v) is 6.87. The minimum atomic E-state index is -0.868. The number of piperidine rings is 1. The number of carboxylic acids is 1.